The summed E-state index contributed by atoms with van der Waals surface area (Å²) in [4.78, 5) is 38.0. The van der Waals surface area contributed by atoms with E-state index in [4.69, 9.17) is 9.47 Å². The summed E-state index contributed by atoms with van der Waals surface area (Å²) < 4.78 is 9.73. The molecule has 0 aliphatic rings. The number of esters is 2. The average Bonchev–Trinajstić information content (AvgIpc) is 2.57. The molecule has 0 spiro atoms. The Kier molecular flexibility index (Phi) is 7.16. The number of ether oxygens (including phenoxy) is 2. The van der Waals surface area contributed by atoms with Crippen LogP contribution in [0.5, 0.6) is 0 Å². The molecule has 23 heavy (non-hydrogen) atoms. The Hall–Kier alpha value is -1.95. The van der Waals surface area contributed by atoms with Gasteiger partial charge < -0.3 is 14.3 Å². The van der Waals surface area contributed by atoms with E-state index in [1.165, 1.54) is 26.1 Å². The van der Waals surface area contributed by atoms with Crippen molar-refractivity contribution in [1.29, 1.82) is 0 Å². The Balaban J connectivity index is 3.54. The molecule has 0 bridgehead atoms. The third kappa shape index (κ3) is 4.07. The van der Waals surface area contributed by atoms with E-state index in [-0.39, 0.29) is 18.6 Å². The first-order valence-electron chi connectivity index (χ1n) is 6.96. The Labute approximate surface area is 143 Å². The SMILES string of the molecule is COC(=O)C(CCC(C)=O)(C(=O)OC)/C(=C/Br)c1ccccc1. The van der Waals surface area contributed by atoms with Crippen LogP contribution in [0.2, 0.25) is 0 Å². The normalized spacial score (nSPS) is 11.7. The van der Waals surface area contributed by atoms with Gasteiger partial charge in [-0.1, -0.05) is 46.3 Å². The number of hydrogen-bond acceptors (Lipinski definition) is 5. The van der Waals surface area contributed by atoms with Crippen LogP contribution in [0.1, 0.15) is 25.3 Å². The van der Waals surface area contributed by atoms with Gasteiger partial charge in [-0.25, -0.2) is 0 Å². The van der Waals surface area contributed by atoms with Crippen molar-refractivity contribution in [2.24, 2.45) is 5.41 Å². The lowest BCUT2D eigenvalue weighted by molar-refractivity contribution is -0.164. The summed E-state index contributed by atoms with van der Waals surface area (Å²) in [5, 5.41) is 0. The first kappa shape index (κ1) is 19.1. The fourth-order valence-corrected chi connectivity index (χ4v) is 3.03. The number of rotatable bonds is 7. The van der Waals surface area contributed by atoms with Crippen molar-refractivity contribution in [2.45, 2.75) is 19.8 Å². The number of Topliss-reactive ketones (excluding diaryl/α,β-unsaturated/α-hetero) is 1. The molecule has 0 aliphatic carbocycles. The van der Waals surface area contributed by atoms with Crippen LogP contribution in [0, 0.1) is 5.41 Å². The highest BCUT2D eigenvalue weighted by Crippen LogP contribution is 2.42. The van der Waals surface area contributed by atoms with Crippen molar-refractivity contribution in [1.82, 2.24) is 0 Å². The molecule has 0 fully saturated rings. The van der Waals surface area contributed by atoms with E-state index >= 15 is 0 Å². The number of hydrogen-bond donors (Lipinski definition) is 0. The van der Waals surface area contributed by atoms with E-state index in [2.05, 4.69) is 15.9 Å². The predicted octanol–water partition coefficient (Wildman–Crippen LogP) is 3.12. The zero-order valence-electron chi connectivity index (χ0n) is 13.3. The summed E-state index contributed by atoms with van der Waals surface area (Å²) in [6.45, 7) is 1.40. The van der Waals surface area contributed by atoms with Crippen molar-refractivity contribution in [2.75, 3.05) is 14.2 Å². The highest BCUT2D eigenvalue weighted by atomic mass is 79.9. The predicted molar refractivity (Wildman–Crippen MR) is 89.7 cm³/mol. The fourth-order valence-electron chi connectivity index (χ4n) is 2.37. The van der Waals surface area contributed by atoms with Crippen LogP contribution in [0.15, 0.2) is 35.3 Å². The third-order valence-electron chi connectivity index (χ3n) is 3.57. The smallest absolute Gasteiger partial charge is 0.327 e. The maximum atomic E-state index is 12.5. The van der Waals surface area contributed by atoms with Crippen LogP contribution in [0.4, 0.5) is 0 Å². The molecule has 0 aliphatic heterocycles. The summed E-state index contributed by atoms with van der Waals surface area (Å²) >= 11 is 3.23. The number of halogens is 1. The van der Waals surface area contributed by atoms with Gasteiger partial charge in [-0.15, -0.1) is 0 Å². The maximum absolute atomic E-state index is 12.5. The molecule has 0 N–H and O–H groups in total. The van der Waals surface area contributed by atoms with Crippen LogP contribution in [-0.2, 0) is 23.9 Å². The Morgan fingerprint density at radius 1 is 1.09 bits per heavy atom. The first-order valence-corrected chi connectivity index (χ1v) is 7.88. The van der Waals surface area contributed by atoms with Crippen molar-refractivity contribution in [3.63, 3.8) is 0 Å². The van der Waals surface area contributed by atoms with Gasteiger partial charge in [-0.2, -0.15) is 0 Å². The molecule has 6 heteroatoms. The van der Waals surface area contributed by atoms with Crippen LogP contribution in [0.3, 0.4) is 0 Å². The van der Waals surface area contributed by atoms with Gasteiger partial charge in [0.25, 0.3) is 0 Å². The lowest BCUT2D eigenvalue weighted by atomic mass is 9.73. The molecule has 0 aromatic heterocycles. The lowest BCUT2D eigenvalue weighted by Crippen LogP contribution is -2.42. The summed E-state index contributed by atoms with van der Waals surface area (Å²) in [6, 6.07) is 8.93. The van der Waals surface area contributed by atoms with E-state index in [9.17, 15) is 14.4 Å². The second-order valence-electron chi connectivity index (χ2n) is 4.98. The number of benzene rings is 1. The Bertz CT molecular complexity index is 591. The molecule has 0 unspecified atom stereocenters. The van der Waals surface area contributed by atoms with Gasteiger partial charge in [-0.05, 0) is 29.5 Å². The molecule has 124 valence electrons. The number of carbonyl (C=O) groups excluding carboxylic acids is 3. The van der Waals surface area contributed by atoms with Gasteiger partial charge in [0, 0.05) is 6.42 Å². The van der Waals surface area contributed by atoms with E-state index in [1.807, 2.05) is 6.07 Å². The Morgan fingerprint density at radius 3 is 2.00 bits per heavy atom. The maximum Gasteiger partial charge on any atom is 0.327 e. The average molecular weight is 383 g/mol. The molecule has 0 saturated carbocycles. The van der Waals surface area contributed by atoms with Gasteiger partial charge in [0.2, 0.25) is 0 Å². The summed E-state index contributed by atoms with van der Waals surface area (Å²) in [5.41, 5.74) is -0.665. The van der Waals surface area contributed by atoms with E-state index in [0.717, 1.165) is 0 Å². The zero-order chi connectivity index (χ0) is 17.5. The minimum atomic E-state index is -1.71. The summed E-state index contributed by atoms with van der Waals surface area (Å²) in [6.07, 6.45) is 0.00931. The van der Waals surface area contributed by atoms with E-state index < -0.39 is 17.4 Å². The molecule has 0 amide bonds. The monoisotopic (exact) mass is 382 g/mol. The fraction of sp³-hybridized carbons (Fsp3) is 0.353. The lowest BCUT2D eigenvalue weighted by Gasteiger charge is -2.30. The van der Waals surface area contributed by atoms with Crippen molar-refractivity contribution < 1.29 is 23.9 Å². The van der Waals surface area contributed by atoms with Gasteiger partial charge in [0.05, 0.1) is 14.2 Å². The minimum absolute atomic E-state index is 0.0337. The standard InChI is InChI=1S/C17H19BrO5/c1-12(19)9-10-17(15(20)22-2,16(21)23-3)14(11-18)13-7-5-4-6-8-13/h4-8,11H,9-10H2,1-3H3/b14-11+. The molecule has 0 atom stereocenters. The number of carbonyl (C=O) groups is 3. The molecule has 0 heterocycles. The van der Waals surface area contributed by atoms with Crippen molar-refractivity contribution in [3.05, 3.63) is 40.9 Å². The van der Waals surface area contributed by atoms with E-state index in [0.29, 0.717) is 11.1 Å². The quantitative estimate of drug-likeness (QED) is 0.535. The number of ketones is 1. The molecular weight excluding hydrogens is 364 g/mol. The first-order chi connectivity index (χ1) is 10.9. The molecule has 0 radical (unpaired) electrons. The third-order valence-corrected chi connectivity index (χ3v) is 4.03. The zero-order valence-corrected chi connectivity index (χ0v) is 14.9. The van der Waals surface area contributed by atoms with Crippen LogP contribution in [0.25, 0.3) is 5.57 Å². The molecular formula is C17H19BrO5. The van der Waals surface area contributed by atoms with Crippen molar-refractivity contribution >= 4 is 39.2 Å². The highest BCUT2D eigenvalue weighted by molar-refractivity contribution is 9.11. The second-order valence-corrected chi connectivity index (χ2v) is 5.44. The molecule has 5 nitrogen and oxygen atoms in total. The molecule has 1 aromatic carbocycles. The molecule has 0 saturated heterocycles. The second kappa shape index (κ2) is 8.62. The van der Waals surface area contributed by atoms with Gasteiger partial charge >= 0.3 is 11.9 Å². The minimum Gasteiger partial charge on any atom is -0.468 e. The largest absolute Gasteiger partial charge is 0.468 e. The number of methoxy groups -OCH3 is 2. The summed E-state index contributed by atoms with van der Waals surface area (Å²) in [5.74, 6) is -1.66. The van der Waals surface area contributed by atoms with Gasteiger partial charge in [0.1, 0.15) is 5.78 Å². The van der Waals surface area contributed by atoms with Crippen LogP contribution >= 0.6 is 15.9 Å². The van der Waals surface area contributed by atoms with Gasteiger partial charge in [0.15, 0.2) is 5.41 Å². The van der Waals surface area contributed by atoms with Crippen molar-refractivity contribution in [3.8, 4) is 0 Å². The van der Waals surface area contributed by atoms with Crippen LogP contribution in [-0.4, -0.2) is 31.9 Å². The molecule has 1 rings (SSSR count). The molecule has 1 aromatic rings. The summed E-state index contributed by atoms with van der Waals surface area (Å²) in [7, 11) is 2.40. The Morgan fingerprint density at radius 2 is 1.61 bits per heavy atom. The topological polar surface area (TPSA) is 69.7 Å². The highest BCUT2D eigenvalue weighted by Gasteiger charge is 2.51. The van der Waals surface area contributed by atoms with Gasteiger partial charge in [-0.3, -0.25) is 9.59 Å². The van der Waals surface area contributed by atoms with Crippen LogP contribution < -0.4 is 0 Å². The van der Waals surface area contributed by atoms with E-state index in [1.54, 1.807) is 24.3 Å².